The average molecular weight is 215 g/mol. The van der Waals surface area contributed by atoms with E-state index in [0.717, 1.165) is 6.07 Å². The smallest absolute Gasteiger partial charge is 0.128 e. The zero-order chi connectivity index (χ0) is 11.4. The SMILES string of the molecule is NCC(O)C(O)c1ccc(F)c(CO)c1. The number of rotatable bonds is 4. The van der Waals surface area contributed by atoms with E-state index in [-0.39, 0.29) is 12.1 Å². The summed E-state index contributed by atoms with van der Waals surface area (Å²) >= 11 is 0. The van der Waals surface area contributed by atoms with Gasteiger partial charge in [-0.05, 0) is 17.7 Å². The first-order valence-electron chi connectivity index (χ1n) is 4.55. The van der Waals surface area contributed by atoms with E-state index in [1.165, 1.54) is 12.1 Å². The number of halogens is 1. The number of hydrogen-bond acceptors (Lipinski definition) is 4. The summed E-state index contributed by atoms with van der Waals surface area (Å²) in [5.41, 5.74) is 5.59. The van der Waals surface area contributed by atoms with Gasteiger partial charge in [-0.1, -0.05) is 6.07 Å². The van der Waals surface area contributed by atoms with E-state index in [0.29, 0.717) is 5.56 Å². The van der Waals surface area contributed by atoms with E-state index in [2.05, 4.69) is 0 Å². The summed E-state index contributed by atoms with van der Waals surface area (Å²) < 4.78 is 13.0. The predicted octanol–water partition coefficient (Wildman–Crippen LogP) is -0.329. The average Bonchev–Trinajstić information content (AvgIpc) is 2.27. The van der Waals surface area contributed by atoms with Crippen molar-refractivity contribution in [1.29, 1.82) is 0 Å². The number of hydrogen-bond donors (Lipinski definition) is 4. The molecule has 0 amide bonds. The van der Waals surface area contributed by atoms with Gasteiger partial charge in [0.1, 0.15) is 11.9 Å². The number of nitrogens with two attached hydrogens (primary N) is 1. The van der Waals surface area contributed by atoms with Crippen LogP contribution in [-0.4, -0.2) is 28.0 Å². The second-order valence-electron chi connectivity index (χ2n) is 3.26. The molecule has 1 aromatic rings. The summed E-state index contributed by atoms with van der Waals surface area (Å²) in [4.78, 5) is 0. The van der Waals surface area contributed by atoms with Gasteiger partial charge in [0, 0.05) is 12.1 Å². The van der Waals surface area contributed by atoms with Crippen LogP contribution >= 0.6 is 0 Å². The number of aliphatic hydroxyl groups excluding tert-OH is 3. The molecule has 0 spiro atoms. The van der Waals surface area contributed by atoms with Crippen LogP contribution in [0, 0.1) is 5.82 Å². The Bertz CT molecular complexity index is 332. The molecule has 0 radical (unpaired) electrons. The molecule has 1 rings (SSSR count). The topological polar surface area (TPSA) is 86.7 Å². The number of aliphatic hydroxyl groups is 3. The standard InChI is InChI=1S/C10H14FNO3/c11-8-2-1-6(3-7(8)5-13)10(15)9(14)4-12/h1-3,9-10,13-15H,4-5,12H2. The lowest BCUT2D eigenvalue weighted by Gasteiger charge is -2.17. The van der Waals surface area contributed by atoms with E-state index < -0.39 is 24.6 Å². The molecule has 0 aromatic heterocycles. The van der Waals surface area contributed by atoms with Crippen LogP contribution in [0.4, 0.5) is 4.39 Å². The van der Waals surface area contributed by atoms with Crippen LogP contribution in [0.2, 0.25) is 0 Å². The summed E-state index contributed by atoms with van der Waals surface area (Å²) in [7, 11) is 0. The molecule has 2 atom stereocenters. The second-order valence-corrected chi connectivity index (χ2v) is 3.26. The van der Waals surface area contributed by atoms with E-state index in [1.807, 2.05) is 0 Å². The molecular formula is C10H14FNO3. The van der Waals surface area contributed by atoms with E-state index in [4.69, 9.17) is 10.8 Å². The van der Waals surface area contributed by atoms with E-state index >= 15 is 0 Å². The summed E-state index contributed by atoms with van der Waals surface area (Å²) in [5, 5.41) is 27.7. The quantitative estimate of drug-likeness (QED) is 0.554. The van der Waals surface area contributed by atoms with Crippen LogP contribution in [0.25, 0.3) is 0 Å². The fourth-order valence-corrected chi connectivity index (χ4v) is 1.25. The fourth-order valence-electron chi connectivity index (χ4n) is 1.25. The Kier molecular flexibility index (Phi) is 4.16. The van der Waals surface area contributed by atoms with Crippen molar-refractivity contribution in [3.8, 4) is 0 Å². The van der Waals surface area contributed by atoms with Crippen LogP contribution in [0.15, 0.2) is 18.2 Å². The third kappa shape index (κ3) is 2.73. The van der Waals surface area contributed by atoms with Crippen molar-refractivity contribution in [2.45, 2.75) is 18.8 Å². The van der Waals surface area contributed by atoms with Crippen molar-refractivity contribution >= 4 is 0 Å². The first kappa shape index (κ1) is 12.1. The van der Waals surface area contributed by atoms with Gasteiger partial charge in [0.2, 0.25) is 0 Å². The Morgan fingerprint density at radius 3 is 2.53 bits per heavy atom. The Balaban J connectivity index is 2.95. The molecule has 0 bridgehead atoms. The molecular weight excluding hydrogens is 201 g/mol. The predicted molar refractivity (Wildman–Crippen MR) is 52.3 cm³/mol. The third-order valence-electron chi connectivity index (χ3n) is 2.19. The van der Waals surface area contributed by atoms with Crippen LogP contribution in [-0.2, 0) is 6.61 Å². The highest BCUT2D eigenvalue weighted by atomic mass is 19.1. The Morgan fingerprint density at radius 1 is 1.33 bits per heavy atom. The highest BCUT2D eigenvalue weighted by molar-refractivity contribution is 5.26. The third-order valence-corrected chi connectivity index (χ3v) is 2.19. The maximum Gasteiger partial charge on any atom is 0.128 e. The van der Waals surface area contributed by atoms with E-state index in [1.54, 1.807) is 0 Å². The summed E-state index contributed by atoms with van der Waals surface area (Å²) in [5.74, 6) is -0.546. The molecule has 0 aliphatic carbocycles. The van der Waals surface area contributed by atoms with Gasteiger partial charge in [0.05, 0.1) is 12.7 Å². The van der Waals surface area contributed by atoms with Crippen molar-refractivity contribution < 1.29 is 19.7 Å². The lowest BCUT2D eigenvalue weighted by Crippen LogP contribution is -2.27. The minimum atomic E-state index is -1.17. The van der Waals surface area contributed by atoms with Gasteiger partial charge in [0.15, 0.2) is 0 Å². The van der Waals surface area contributed by atoms with Gasteiger partial charge in [-0.2, -0.15) is 0 Å². The summed E-state index contributed by atoms with van der Waals surface area (Å²) in [6.45, 7) is -0.544. The Morgan fingerprint density at radius 2 is 2.00 bits per heavy atom. The van der Waals surface area contributed by atoms with Crippen molar-refractivity contribution in [3.05, 3.63) is 35.1 Å². The molecule has 84 valence electrons. The van der Waals surface area contributed by atoms with Crippen LogP contribution in [0.3, 0.4) is 0 Å². The maximum atomic E-state index is 13.0. The first-order valence-corrected chi connectivity index (χ1v) is 4.55. The maximum absolute atomic E-state index is 13.0. The Hall–Kier alpha value is -1.01. The zero-order valence-electron chi connectivity index (χ0n) is 8.10. The summed E-state index contributed by atoms with van der Waals surface area (Å²) in [6, 6.07) is 3.78. The van der Waals surface area contributed by atoms with Crippen molar-refractivity contribution in [1.82, 2.24) is 0 Å². The molecule has 15 heavy (non-hydrogen) atoms. The lowest BCUT2D eigenvalue weighted by molar-refractivity contribution is 0.0242. The molecule has 1 aromatic carbocycles. The van der Waals surface area contributed by atoms with Gasteiger partial charge in [-0.25, -0.2) is 4.39 Å². The highest BCUT2D eigenvalue weighted by Crippen LogP contribution is 2.19. The largest absolute Gasteiger partial charge is 0.392 e. The van der Waals surface area contributed by atoms with Gasteiger partial charge < -0.3 is 21.1 Å². The molecule has 0 aliphatic rings. The monoisotopic (exact) mass is 215 g/mol. The van der Waals surface area contributed by atoms with Crippen molar-refractivity contribution in [2.75, 3.05) is 6.54 Å². The molecule has 5 heteroatoms. The molecule has 5 N–H and O–H groups in total. The summed E-state index contributed by atoms with van der Waals surface area (Å²) in [6.07, 6.45) is -2.26. The van der Waals surface area contributed by atoms with Gasteiger partial charge >= 0.3 is 0 Å². The van der Waals surface area contributed by atoms with Gasteiger partial charge in [-0.3, -0.25) is 0 Å². The molecule has 0 fully saturated rings. The minimum Gasteiger partial charge on any atom is -0.392 e. The molecule has 0 aliphatic heterocycles. The molecule has 4 nitrogen and oxygen atoms in total. The van der Waals surface area contributed by atoms with Crippen LogP contribution in [0.1, 0.15) is 17.2 Å². The fraction of sp³-hybridized carbons (Fsp3) is 0.400. The molecule has 2 unspecified atom stereocenters. The molecule has 0 saturated heterocycles. The first-order chi connectivity index (χ1) is 7.10. The lowest BCUT2D eigenvalue weighted by atomic mass is 10.0. The zero-order valence-corrected chi connectivity index (χ0v) is 8.10. The second kappa shape index (κ2) is 5.18. The van der Waals surface area contributed by atoms with Crippen molar-refractivity contribution in [3.63, 3.8) is 0 Å². The normalized spacial score (nSPS) is 15.0. The highest BCUT2D eigenvalue weighted by Gasteiger charge is 2.17. The van der Waals surface area contributed by atoms with Crippen LogP contribution in [0.5, 0.6) is 0 Å². The minimum absolute atomic E-state index is 0.0794. The molecule has 0 saturated carbocycles. The van der Waals surface area contributed by atoms with E-state index in [9.17, 15) is 14.6 Å². The van der Waals surface area contributed by atoms with Gasteiger partial charge in [0.25, 0.3) is 0 Å². The number of benzene rings is 1. The van der Waals surface area contributed by atoms with Gasteiger partial charge in [-0.15, -0.1) is 0 Å². The molecule has 0 heterocycles. The Labute approximate surface area is 86.8 Å². The van der Waals surface area contributed by atoms with Crippen molar-refractivity contribution in [2.24, 2.45) is 5.73 Å². The van der Waals surface area contributed by atoms with Crippen LogP contribution < -0.4 is 5.73 Å².